The first-order chi connectivity index (χ1) is 13.0. The number of hydrogen-bond acceptors (Lipinski definition) is 5. The second-order valence-corrected chi connectivity index (χ2v) is 6.28. The van der Waals surface area contributed by atoms with Crippen molar-refractivity contribution >= 4 is 23.2 Å². The Balaban J connectivity index is 1.63. The number of hydrogen-bond donors (Lipinski definition) is 2. The van der Waals surface area contributed by atoms with Crippen LogP contribution in [0.3, 0.4) is 0 Å². The van der Waals surface area contributed by atoms with Gasteiger partial charge in [0.05, 0.1) is 0 Å². The van der Waals surface area contributed by atoms with Crippen LogP contribution >= 0.6 is 0 Å². The van der Waals surface area contributed by atoms with E-state index in [0.29, 0.717) is 23.9 Å². The highest BCUT2D eigenvalue weighted by atomic mass is 19.1. The van der Waals surface area contributed by atoms with E-state index >= 15 is 0 Å². The van der Waals surface area contributed by atoms with Crippen LogP contribution in [-0.2, 0) is 6.42 Å². The van der Waals surface area contributed by atoms with Crippen LogP contribution in [0.2, 0.25) is 0 Å². The van der Waals surface area contributed by atoms with Crippen molar-refractivity contribution in [2.75, 3.05) is 17.2 Å². The summed E-state index contributed by atoms with van der Waals surface area (Å²) >= 11 is 0. The van der Waals surface area contributed by atoms with Crippen molar-refractivity contribution in [1.82, 2.24) is 9.97 Å². The van der Waals surface area contributed by atoms with Crippen molar-refractivity contribution in [3.8, 4) is 0 Å². The number of aryl methyl sites for hydroxylation is 1. The van der Waals surface area contributed by atoms with Gasteiger partial charge in [-0.2, -0.15) is 4.98 Å². The Morgan fingerprint density at radius 3 is 2.41 bits per heavy atom. The first-order valence-electron chi connectivity index (χ1n) is 8.71. The lowest BCUT2D eigenvalue weighted by Crippen LogP contribution is -2.09. The second kappa shape index (κ2) is 8.40. The van der Waals surface area contributed by atoms with Crippen LogP contribution in [0.15, 0.2) is 54.6 Å². The van der Waals surface area contributed by atoms with Gasteiger partial charge in [-0.3, -0.25) is 4.79 Å². The highest BCUT2D eigenvalue weighted by molar-refractivity contribution is 5.94. The van der Waals surface area contributed by atoms with Crippen LogP contribution < -0.4 is 10.6 Å². The summed E-state index contributed by atoms with van der Waals surface area (Å²) in [6.45, 7) is 4.08. The van der Waals surface area contributed by atoms with E-state index < -0.39 is 0 Å². The zero-order chi connectivity index (χ0) is 19.2. The number of Topliss-reactive ketones (excluding diaryl/α,β-unsaturated/α-hetero) is 1. The average Bonchev–Trinajstić information content (AvgIpc) is 2.63. The lowest BCUT2D eigenvalue weighted by Gasteiger charge is -2.10. The molecule has 6 heteroatoms. The normalized spacial score (nSPS) is 10.5. The summed E-state index contributed by atoms with van der Waals surface area (Å²) in [4.78, 5) is 20.2. The molecule has 0 radical (unpaired) electrons. The van der Waals surface area contributed by atoms with E-state index in [1.54, 1.807) is 31.2 Å². The quantitative estimate of drug-likeness (QED) is 0.603. The van der Waals surface area contributed by atoms with Crippen LogP contribution in [0.25, 0.3) is 0 Å². The maximum atomic E-state index is 12.9. The lowest BCUT2D eigenvalue weighted by molar-refractivity contribution is 0.101. The monoisotopic (exact) mass is 364 g/mol. The predicted octanol–water partition coefficient (Wildman–Crippen LogP) is 4.52. The maximum absolute atomic E-state index is 12.9. The molecule has 1 heterocycles. The van der Waals surface area contributed by atoms with E-state index in [0.717, 1.165) is 23.4 Å². The summed E-state index contributed by atoms with van der Waals surface area (Å²) in [7, 11) is 0. The van der Waals surface area contributed by atoms with Gasteiger partial charge in [-0.05, 0) is 62.2 Å². The summed E-state index contributed by atoms with van der Waals surface area (Å²) in [6.07, 6.45) is 0.743. The molecule has 0 aliphatic heterocycles. The van der Waals surface area contributed by atoms with Crippen molar-refractivity contribution in [2.24, 2.45) is 0 Å². The fourth-order valence-electron chi connectivity index (χ4n) is 2.62. The number of carbonyl (C=O) groups excluding carboxylic acids is 1. The molecule has 0 spiro atoms. The van der Waals surface area contributed by atoms with Gasteiger partial charge in [0.1, 0.15) is 11.6 Å². The van der Waals surface area contributed by atoms with Crippen LogP contribution in [0.5, 0.6) is 0 Å². The van der Waals surface area contributed by atoms with Gasteiger partial charge in [0.25, 0.3) is 0 Å². The number of rotatable bonds is 7. The van der Waals surface area contributed by atoms with Gasteiger partial charge in [0.2, 0.25) is 5.95 Å². The Labute approximate surface area is 157 Å². The topological polar surface area (TPSA) is 66.9 Å². The standard InChI is InChI=1S/C21H21FN4O/c1-14-13-20(25-19-9-5-17(6-10-19)15(2)27)26-21(24-14)23-12-11-16-3-7-18(22)8-4-16/h3-10,13H,11-12H2,1-2H3,(H2,23,24,25,26). The van der Waals surface area contributed by atoms with Gasteiger partial charge in [-0.15, -0.1) is 0 Å². The van der Waals surface area contributed by atoms with Gasteiger partial charge < -0.3 is 10.6 Å². The molecule has 0 saturated heterocycles. The molecule has 0 bridgehead atoms. The molecule has 3 aromatic rings. The van der Waals surface area contributed by atoms with E-state index in [9.17, 15) is 9.18 Å². The molecule has 3 rings (SSSR count). The van der Waals surface area contributed by atoms with Crippen molar-refractivity contribution < 1.29 is 9.18 Å². The number of nitrogens with zero attached hydrogens (tertiary/aromatic N) is 2. The molecule has 0 atom stereocenters. The first kappa shape index (κ1) is 18.5. The largest absolute Gasteiger partial charge is 0.354 e. The zero-order valence-electron chi connectivity index (χ0n) is 15.3. The Bertz CT molecular complexity index is 924. The van der Waals surface area contributed by atoms with Gasteiger partial charge in [0, 0.05) is 29.6 Å². The third kappa shape index (κ3) is 5.34. The molecule has 5 nitrogen and oxygen atoms in total. The summed E-state index contributed by atoms with van der Waals surface area (Å²) < 4.78 is 12.9. The van der Waals surface area contributed by atoms with E-state index in [1.807, 2.05) is 25.1 Å². The van der Waals surface area contributed by atoms with Crippen LogP contribution in [-0.4, -0.2) is 22.3 Å². The van der Waals surface area contributed by atoms with Crippen LogP contribution in [0, 0.1) is 12.7 Å². The van der Waals surface area contributed by atoms with Gasteiger partial charge >= 0.3 is 0 Å². The molecular weight excluding hydrogens is 343 g/mol. The van der Waals surface area contributed by atoms with Crippen LogP contribution in [0.4, 0.5) is 21.8 Å². The highest BCUT2D eigenvalue weighted by Gasteiger charge is 2.04. The minimum absolute atomic E-state index is 0.0343. The van der Waals surface area contributed by atoms with Crippen molar-refractivity contribution in [3.05, 3.63) is 77.2 Å². The molecule has 2 N–H and O–H groups in total. The number of carbonyl (C=O) groups is 1. The molecule has 0 fully saturated rings. The SMILES string of the molecule is CC(=O)c1ccc(Nc2cc(C)nc(NCCc3ccc(F)cc3)n2)cc1. The fourth-order valence-corrected chi connectivity index (χ4v) is 2.62. The van der Waals surface area contributed by atoms with Gasteiger partial charge in [-0.25, -0.2) is 9.37 Å². The first-order valence-corrected chi connectivity index (χ1v) is 8.71. The number of halogens is 1. The molecule has 0 aliphatic carbocycles. The molecule has 0 unspecified atom stereocenters. The lowest BCUT2D eigenvalue weighted by atomic mass is 10.1. The number of benzene rings is 2. The summed E-state index contributed by atoms with van der Waals surface area (Å²) in [5.41, 5.74) is 3.38. The molecule has 0 amide bonds. The number of nitrogens with one attached hydrogen (secondary N) is 2. The van der Waals surface area contributed by atoms with E-state index in [2.05, 4.69) is 20.6 Å². The van der Waals surface area contributed by atoms with Gasteiger partial charge in [-0.1, -0.05) is 12.1 Å². The zero-order valence-corrected chi connectivity index (χ0v) is 15.3. The Kier molecular flexibility index (Phi) is 5.76. The van der Waals surface area contributed by atoms with Crippen molar-refractivity contribution in [3.63, 3.8) is 0 Å². The summed E-state index contributed by atoms with van der Waals surface area (Å²) in [5.74, 6) is 0.996. The maximum Gasteiger partial charge on any atom is 0.224 e. The summed E-state index contributed by atoms with van der Waals surface area (Å²) in [5, 5.41) is 6.42. The van der Waals surface area contributed by atoms with Crippen molar-refractivity contribution in [2.45, 2.75) is 20.3 Å². The molecule has 1 aromatic heterocycles. The Hall–Kier alpha value is -3.28. The third-order valence-electron chi connectivity index (χ3n) is 4.03. The fraction of sp³-hybridized carbons (Fsp3) is 0.190. The molecule has 2 aromatic carbocycles. The van der Waals surface area contributed by atoms with E-state index in [4.69, 9.17) is 0 Å². The highest BCUT2D eigenvalue weighted by Crippen LogP contribution is 2.18. The minimum atomic E-state index is -0.235. The molecule has 27 heavy (non-hydrogen) atoms. The van der Waals surface area contributed by atoms with Crippen molar-refractivity contribution in [1.29, 1.82) is 0 Å². The van der Waals surface area contributed by atoms with Crippen LogP contribution in [0.1, 0.15) is 28.5 Å². The van der Waals surface area contributed by atoms with E-state index in [-0.39, 0.29) is 11.6 Å². The summed E-state index contributed by atoms with van der Waals surface area (Å²) in [6, 6.07) is 15.5. The number of anilines is 3. The minimum Gasteiger partial charge on any atom is -0.354 e. The predicted molar refractivity (Wildman–Crippen MR) is 105 cm³/mol. The van der Waals surface area contributed by atoms with Gasteiger partial charge in [0.15, 0.2) is 5.78 Å². The number of ketones is 1. The Morgan fingerprint density at radius 1 is 1.04 bits per heavy atom. The molecule has 138 valence electrons. The average molecular weight is 364 g/mol. The van der Waals surface area contributed by atoms with E-state index in [1.165, 1.54) is 12.1 Å². The second-order valence-electron chi connectivity index (χ2n) is 6.28. The molecule has 0 saturated carbocycles. The number of aromatic nitrogens is 2. The molecular formula is C21H21FN4O. The molecule has 0 aliphatic rings. The smallest absolute Gasteiger partial charge is 0.224 e. The Morgan fingerprint density at radius 2 is 1.74 bits per heavy atom. The third-order valence-corrected chi connectivity index (χ3v) is 4.03.